The van der Waals surface area contributed by atoms with Crippen molar-refractivity contribution in [1.29, 1.82) is 0 Å². The van der Waals surface area contributed by atoms with E-state index in [9.17, 15) is 4.39 Å². The molecule has 146 valence electrons. The molecule has 1 heterocycles. The molecule has 2 fully saturated rings. The Labute approximate surface area is 160 Å². The fraction of sp³-hybridized carbons (Fsp3) is 0.667. The molecule has 0 saturated heterocycles. The van der Waals surface area contributed by atoms with Gasteiger partial charge in [0.1, 0.15) is 5.82 Å². The highest BCUT2D eigenvalue weighted by Crippen LogP contribution is 2.30. The Bertz CT molecular complexity index is 716. The number of aromatic nitrogens is 4. The Morgan fingerprint density at radius 1 is 0.963 bits per heavy atom. The van der Waals surface area contributed by atoms with Crippen LogP contribution in [0.4, 0.5) is 4.39 Å². The summed E-state index contributed by atoms with van der Waals surface area (Å²) in [5, 5.41) is 13.0. The molecule has 2 saturated carbocycles. The Kier molecular flexibility index (Phi) is 5.81. The molecule has 0 bridgehead atoms. The number of tetrazole rings is 1. The van der Waals surface area contributed by atoms with Gasteiger partial charge in [-0.05, 0) is 73.2 Å². The second-order valence-corrected chi connectivity index (χ2v) is 8.34. The maximum Gasteiger partial charge on any atom is 0.214 e. The monoisotopic (exact) mass is 372 g/mol. The molecular formula is C21H31FN5+. The van der Waals surface area contributed by atoms with E-state index in [0.717, 1.165) is 24.2 Å². The van der Waals surface area contributed by atoms with Crippen LogP contribution in [0.2, 0.25) is 0 Å². The summed E-state index contributed by atoms with van der Waals surface area (Å²) in [6, 6.07) is 7.98. The smallest absolute Gasteiger partial charge is 0.214 e. The van der Waals surface area contributed by atoms with Gasteiger partial charge in [0.05, 0.1) is 19.1 Å². The first-order valence-electron chi connectivity index (χ1n) is 10.6. The Hall–Kier alpha value is -1.82. The molecule has 2 atom stereocenters. The molecule has 2 aromatic rings. The van der Waals surface area contributed by atoms with Gasteiger partial charge in [0, 0.05) is 5.56 Å². The van der Waals surface area contributed by atoms with E-state index in [1.54, 1.807) is 12.1 Å². The molecule has 2 aliphatic carbocycles. The van der Waals surface area contributed by atoms with Crippen molar-refractivity contribution in [3.63, 3.8) is 0 Å². The van der Waals surface area contributed by atoms with Gasteiger partial charge in [0.25, 0.3) is 0 Å². The predicted molar refractivity (Wildman–Crippen MR) is 102 cm³/mol. The van der Waals surface area contributed by atoms with Crippen LogP contribution in [-0.4, -0.2) is 33.3 Å². The fourth-order valence-corrected chi connectivity index (χ4v) is 5.04. The zero-order chi connectivity index (χ0) is 18.6. The number of benzene rings is 1. The molecule has 2 aliphatic rings. The second-order valence-electron chi connectivity index (χ2n) is 8.34. The number of hydrogen-bond donors (Lipinski definition) is 1. The maximum atomic E-state index is 13.6. The van der Waals surface area contributed by atoms with Crippen molar-refractivity contribution in [3.05, 3.63) is 41.5 Å². The lowest BCUT2D eigenvalue weighted by Crippen LogP contribution is -3.13. The van der Waals surface area contributed by atoms with Crippen LogP contribution in [0.1, 0.15) is 87.7 Å². The third kappa shape index (κ3) is 4.05. The van der Waals surface area contributed by atoms with Crippen LogP contribution in [0.3, 0.4) is 0 Å². The molecule has 6 heteroatoms. The van der Waals surface area contributed by atoms with Crippen molar-refractivity contribution in [2.45, 2.75) is 82.3 Å². The summed E-state index contributed by atoms with van der Waals surface area (Å²) in [6.45, 7) is 0. The molecule has 1 N–H and O–H groups in total. The lowest BCUT2D eigenvalue weighted by atomic mass is 9.91. The highest BCUT2D eigenvalue weighted by Gasteiger charge is 2.36. The minimum atomic E-state index is -0.195. The number of hydrogen-bond acceptors (Lipinski definition) is 3. The molecule has 27 heavy (non-hydrogen) atoms. The molecule has 4 rings (SSSR count). The Balaban J connectivity index is 1.69. The van der Waals surface area contributed by atoms with Crippen LogP contribution < -0.4 is 4.90 Å². The molecule has 0 radical (unpaired) electrons. The highest BCUT2D eigenvalue weighted by atomic mass is 19.1. The summed E-state index contributed by atoms with van der Waals surface area (Å²) in [5.74, 6) is 0.747. The van der Waals surface area contributed by atoms with E-state index < -0.39 is 0 Å². The third-order valence-electron chi connectivity index (χ3n) is 6.60. The summed E-state index contributed by atoms with van der Waals surface area (Å²) in [5.41, 5.74) is 1.10. The van der Waals surface area contributed by atoms with Crippen LogP contribution >= 0.6 is 0 Å². The maximum absolute atomic E-state index is 13.6. The van der Waals surface area contributed by atoms with E-state index in [1.165, 1.54) is 56.3 Å². The zero-order valence-electron chi connectivity index (χ0n) is 16.3. The lowest BCUT2D eigenvalue weighted by Gasteiger charge is -2.34. The highest BCUT2D eigenvalue weighted by molar-refractivity contribution is 5.23. The van der Waals surface area contributed by atoms with E-state index in [1.807, 2.05) is 12.1 Å². The average molecular weight is 373 g/mol. The summed E-state index contributed by atoms with van der Waals surface area (Å²) in [7, 11) is 2.27. The van der Waals surface area contributed by atoms with Gasteiger partial charge in [-0.2, -0.15) is 0 Å². The molecule has 0 aliphatic heterocycles. The van der Waals surface area contributed by atoms with Gasteiger partial charge >= 0.3 is 0 Å². The minimum absolute atomic E-state index is 0.0469. The van der Waals surface area contributed by atoms with Gasteiger partial charge in [0.2, 0.25) is 5.82 Å². The zero-order valence-corrected chi connectivity index (χ0v) is 16.3. The summed E-state index contributed by atoms with van der Waals surface area (Å²) >= 11 is 0. The van der Waals surface area contributed by atoms with Crippen LogP contribution in [0, 0.1) is 5.82 Å². The number of rotatable bonds is 5. The van der Waals surface area contributed by atoms with E-state index in [-0.39, 0.29) is 11.9 Å². The molecule has 1 aromatic carbocycles. The molecule has 5 nitrogen and oxygen atoms in total. The summed E-state index contributed by atoms with van der Waals surface area (Å²) in [4.78, 5) is 1.44. The van der Waals surface area contributed by atoms with Gasteiger partial charge in [-0.15, -0.1) is 5.10 Å². The standard InChI is InChI=1S/C21H30FN5/c1-26(18-8-4-2-5-9-18)20(16-12-14-17(22)15-13-16)21-23-24-25-27(21)19-10-6-3-7-11-19/h12-15,18-20H,2-11H2,1H3/p+1/t20-/m1/s1. The first-order chi connectivity index (χ1) is 13.2. The number of nitrogens with zero attached hydrogens (tertiary/aromatic N) is 4. The van der Waals surface area contributed by atoms with Crippen molar-refractivity contribution in [3.8, 4) is 0 Å². The Morgan fingerprint density at radius 3 is 2.26 bits per heavy atom. The van der Waals surface area contributed by atoms with Crippen LogP contribution in [0.5, 0.6) is 0 Å². The SMILES string of the molecule is C[NH+](C1CCCCC1)[C@H](c1ccc(F)cc1)c1nnnn1C1CCCCC1. The van der Waals surface area contributed by atoms with E-state index >= 15 is 0 Å². The summed E-state index contributed by atoms with van der Waals surface area (Å²) < 4.78 is 15.6. The van der Waals surface area contributed by atoms with E-state index in [2.05, 4.69) is 27.3 Å². The van der Waals surface area contributed by atoms with Gasteiger partial charge in [-0.3, -0.25) is 0 Å². The van der Waals surface area contributed by atoms with Crippen molar-refractivity contribution >= 4 is 0 Å². The van der Waals surface area contributed by atoms with Crippen molar-refractivity contribution < 1.29 is 9.29 Å². The van der Waals surface area contributed by atoms with Crippen LogP contribution in [-0.2, 0) is 0 Å². The Morgan fingerprint density at radius 2 is 1.59 bits per heavy atom. The minimum Gasteiger partial charge on any atom is -0.322 e. The number of nitrogens with one attached hydrogen (secondary N) is 1. The summed E-state index contributed by atoms with van der Waals surface area (Å²) in [6.07, 6.45) is 12.5. The van der Waals surface area contributed by atoms with Crippen molar-refractivity contribution in [1.82, 2.24) is 20.2 Å². The van der Waals surface area contributed by atoms with Gasteiger partial charge in [0.15, 0.2) is 6.04 Å². The van der Waals surface area contributed by atoms with Gasteiger partial charge < -0.3 is 4.90 Å². The van der Waals surface area contributed by atoms with Crippen LogP contribution in [0.25, 0.3) is 0 Å². The largest absolute Gasteiger partial charge is 0.322 e. The first kappa shape index (κ1) is 18.5. The normalized spacial score (nSPS) is 21.9. The number of halogens is 1. The fourth-order valence-electron chi connectivity index (χ4n) is 5.04. The predicted octanol–water partition coefficient (Wildman–Crippen LogP) is 3.25. The van der Waals surface area contributed by atoms with Crippen molar-refractivity contribution in [2.24, 2.45) is 0 Å². The quantitative estimate of drug-likeness (QED) is 0.876. The lowest BCUT2D eigenvalue weighted by molar-refractivity contribution is -0.933. The molecular weight excluding hydrogens is 341 g/mol. The van der Waals surface area contributed by atoms with Gasteiger partial charge in [-0.25, -0.2) is 9.07 Å². The van der Waals surface area contributed by atoms with E-state index in [4.69, 9.17) is 0 Å². The molecule has 0 amide bonds. The topological polar surface area (TPSA) is 48.0 Å². The molecule has 0 spiro atoms. The van der Waals surface area contributed by atoms with Gasteiger partial charge in [-0.1, -0.05) is 25.7 Å². The van der Waals surface area contributed by atoms with Crippen molar-refractivity contribution in [2.75, 3.05) is 7.05 Å². The molecule has 1 aromatic heterocycles. The first-order valence-corrected chi connectivity index (χ1v) is 10.6. The average Bonchev–Trinajstić information content (AvgIpc) is 3.20. The molecule has 1 unspecified atom stereocenters. The van der Waals surface area contributed by atoms with Crippen LogP contribution in [0.15, 0.2) is 24.3 Å². The third-order valence-corrected chi connectivity index (χ3v) is 6.60. The number of quaternary nitrogens is 1. The second kappa shape index (κ2) is 8.46. The van der Waals surface area contributed by atoms with E-state index in [0.29, 0.717) is 12.1 Å².